The predicted octanol–water partition coefficient (Wildman–Crippen LogP) is 5.57. The lowest BCUT2D eigenvalue weighted by Gasteiger charge is -2.31. The van der Waals surface area contributed by atoms with E-state index < -0.39 is 5.60 Å². The van der Waals surface area contributed by atoms with Gasteiger partial charge in [0.2, 0.25) is 0 Å². The number of pyridine rings is 1. The van der Waals surface area contributed by atoms with Gasteiger partial charge in [-0.2, -0.15) is 0 Å². The quantitative estimate of drug-likeness (QED) is 0.256. The first-order valence-electron chi connectivity index (χ1n) is 12.3. The first kappa shape index (κ1) is 26.6. The topological polar surface area (TPSA) is 75.9 Å². The number of halogens is 1. The standard InChI is InChI=1S/C30H30ClN5O3/c1-34-19-32-18-26(34)30(37,21-11-14-23(31)15-12-21)22-13-16-25-24(17-22)28(35(2)38-4)27(20-9-7-6-8-10-20)29(33-25)36(3)39-5/h6-19,37H,1-5H3. The molecule has 0 aliphatic rings. The third-order valence-corrected chi connectivity index (χ3v) is 7.28. The van der Waals surface area contributed by atoms with Gasteiger partial charge in [-0.15, -0.1) is 0 Å². The van der Waals surface area contributed by atoms with Crippen LogP contribution in [-0.2, 0) is 22.3 Å². The lowest BCUT2D eigenvalue weighted by molar-refractivity contribution is 0.117. The van der Waals surface area contributed by atoms with E-state index in [1.54, 1.807) is 49.0 Å². The second-order valence-electron chi connectivity index (χ2n) is 9.22. The van der Waals surface area contributed by atoms with Gasteiger partial charge >= 0.3 is 0 Å². The zero-order valence-corrected chi connectivity index (χ0v) is 23.2. The minimum atomic E-state index is -1.53. The molecule has 1 unspecified atom stereocenters. The molecule has 0 amide bonds. The number of anilines is 2. The van der Waals surface area contributed by atoms with Crippen LogP contribution in [0.3, 0.4) is 0 Å². The highest BCUT2D eigenvalue weighted by molar-refractivity contribution is 6.30. The van der Waals surface area contributed by atoms with E-state index in [9.17, 15) is 5.11 Å². The molecule has 39 heavy (non-hydrogen) atoms. The van der Waals surface area contributed by atoms with Crippen molar-refractivity contribution >= 4 is 34.0 Å². The number of rotatable bonds is 8. The summed E-state index contributed by atoms with van der Waals surface area (Å²) in [4.78, 5) is 20.6. The molecule has 3 aromatic carbocycles. The van der Waals surface area contributed by atoms with Gasteiger partial charge in [-0.3, -0.25) is 14.7 Å². The lowest BCUT2D eigenvalue weighted by Crippen LogP contribution is -2.31. The van der Waals surface area contributed by atoms with Crippen LogP contribution in [0.2, 0.25) is 5.02 Å². The van der Waals surface area contributed by atoms with Crippen molar-refractivity contribution in [3.8, 4) is 11.1 Å². The van der Waals surface area contributed by atoms with Gasteiger partial charge in [0.1, 0.15) is 0 Å². The molecule has 1 N–H and O–H groups in total. The zero-order valence-electron chi connectivity index (χ0n) is 22.5. The van der Waals surface area contributed by atoms with Crippen LogP contribution >= 0.6 is 11.6 Å². The third kappa shape index (κ3) is 4.62. The minimum absolute atomic E-state index is 0.583. The molecule has 9 heteroatoms. The average molecular weight is 544 g/mol. The maximum absolute atomic E-state index is 12.5. The number of imidazole rings is 1. The number of aromatic nitrogens is 3. The summed E-state index contributed by atoms with van der Waals surface area (Å²) >= 11 is 6.20. The normalized spacial score (nSPS) is 12.9. The first-order valence-corrected chi connectivity index (χ1v) is 12.7. The number of hydrogen-bond donors (Lipinski definition) is 1. The second-order valence-corrected chi connectivity index (χ2v) is 9.66. The van der Waals surface area contributed by atoms with Crippen LogP contribution < -0.4 is 10.1 Å². The van der Waals surface area contributed by atoms with E-state index in [4.69, 9.17) is 26.3 Å². The molecule has 200 valence electrons. The van der Waals surface area contributed by atoms with E-state index in [0.29, 0.717) is 33.2 Å². The van der Waals surface area contributed by atoms with Gasteiger partial charge in [0, 0.05) is 31.6 Å². The van der Waals surface area contributed by atoms with E-state index in [2.05, 4.69) is 4.98 Å². The predicted molar refractivity (Wildman–Crippen MR) is 155 cm³/mol. The van der Waals surface area contributed by atoms with Crippen LogP contribution in [0.15, 0.2) is 85.3 Å². The summed E-state index contributed by atoms with van der Waals surface area (Å²) in [6, 6.07) is 22.9. The fraction of sp³-hybridized carbons (Fsp3) is 0.200. The average Bonchev–Trinajstić information content (AvgIpc) is 3.41. The van der Waals surface area contributed by atoms with Gasteiger partial charge in [-0.25, -0.2) is 15.0 Å². The molecular weight excluding hydrogens is 514 g/mol. The van der Waals surface area contributed by atoms with Crippen molar-refractivity contribution in [1.82, 2.24) is 14.5 Å². The molecule has 5 aromatic rings. The van der Waals surface area contributed by atoms with Crippen LogP contribution in [0, 0.1) is 0 Å². The van der Waals surface area contributed by atoms with Crippen LogP contribution in [0.4, 0.5) is 11.5 Å². The monoisotopic (exact) mass is 543 g/mol. The number of nitrogens with zero attached hydrogens (tertiary/aromatic N) is 5. The highest BCUT2D eigenvalue weighted by atomic mass is 35.5. The molecule has 0 spiro atoms. The van der Waals surface area contributed by atoms with Crippen LogP contribution in [0.5, 0.6) is 0 Å². The molecule has 0 saturated carbocycles. The van der Waals surface area contributed by atoms with Crippen molar-refractivity contribution in [3.05, 3.63) is 107 Å². The summed E-state index contributed by atoms with van der Waals surface area (Å²) in [5.74, 6) is 0.627. The Morgan fingerprint density at radius 2 is 1.56 bits per heavy atom. The summed E-state index contributed by atoms with van der Waals surface area (Å²) < 4.78 is 1.81. The third-order valence-electron chi connectivity index (χ3n) is 7.03. The minimum Gasteiger partial charge on any atom is -0.374 e. The molecule has 0 bridgehead atoms. The molecule has 8 nitrogen and oxygen atoms in total. The van der Waals surface area contributed by atoms with Crippen LogP contribution in [0.25, 0.3) is 22.0 Å². The highest BCUT2D eigenvalue weighted by Gasteiger charge is 2.37. The number of aliphatic hydroxyl groups is 1. The van der Waals surface area contributed by atoms with Gasteiger partial charge in [0.25, 0.3) is 0 Å². The molecule has 0 saturated heterocycles. The number of benzene rings is 3. The Labute approximate surface area is 232 Å². The largest absolute Gasteiger partial charge is 0.374 e. The van der Waals surface area contributed by atoms with Gasteiger partial charge in [-0.1, -0.05) is 60.1 Å². The molecule has 0 aliphatic carbocycles. The summed E-state index contributed by atoms with van der Waals surface area (Å²) in [7, 11) is 8.73. The Hall–Kier alpha value is -3.95. The molecule has 0 aliphatic heterocycles. The van der Waals surface area contributed by atoms with E-state index >= 15 is 0 Å². The van der Waals surface area contributed by atoms with Gasteiger partial charge in [0.15, 0.2) is 11.4 Å². The maximum Gasteiger partial charge on any atom is 0.162 e. The first-order chi connectivity index (χ1) is 18.8. The number of hydrogen-bond acceptors (Lipinski definition) is 7. The zero-order chi connectivity index (χ0) is 27.7. The smallest absolute Gasteiger partial charge is 0.162 e. The van der Waals surface area contributed by atoms with Crippen molar-refractivity contribution in [3.63, 3.8) is 0 Å². The van der Waals surface area contributed by atoms with Crippen molar-refractivity contribution < 1.29 is 14.8 Å². The van der Waals surface area contributed by atoms with Crippen LogP contribution in [-0.4, -0.2) is 48.0 Å². The van der Waals surface area contributed by atoms with Crippen molar-refractivity contribution in [1.29, 1.82) is 0 Å². The summed E-state index contributed by atoms with van der Waals surface area (Å²) in [5.41, 5.74) is 3.63. The van der Waals surface area contributed by atoms with Crippen LogP contribution in [0.1, 0.15) is 16.8 Å². The van der Waals surface area contributed by atoms with E-state index in [-0.39, 0.29) is 0 Å². The molecule has 2 heterocycles. The number of aryl methyl sites for hydroxylation is 1. The molecule has 0 fully saturated rings. The Kier molecular flexibility index (Phi) is 7.29. The molecular formula is C30H30ClN5O3. The van der Waals surface area contributed by atoms with Gasteiger partial charge < -0.3 is 9.67 Å². The molecule has 5 rings (SSSR count). The molecule has 1 atom stereocenters. The van der Waals surface area contributed by atoms with Crippen molar-refractivity contribution in [2.75, 3.05) is 38.4 Å². The van der Waals surface area contributed by atoms with E-state index in [1.165, 1.54) is 0 Å². The summed E-state index contributed by atoms with van der Waals surface area (Å²) in [5, 5.41) is 17.2. The second kappa shape index (κ2) is 10.7. The maximum atomic E-state index is 12.5. The van der Waals surface area contributed by atoms with Gasteiger partial charge in [-0.05, 0) is 41.0 Å². The lowest BCUT2D eigenvalue weighted by atomic mass is 9.82. The number of hydroxylamine groups is 2. The highest BCUT2D eigenvalue weighted by Crippen LogP contribution is 2.45. The van der Waals surface area contributed by atoms with Gasteiger partial charge in [0.05, 0.1) is 49.2 Å². The SMILES string of the molecule is CON(C)c1nc2ccc(C(O)(c3ccc(Cl)cc3)c3cncn3C)cc2c(N(C)OC)c1-c1ccccc1. The number of fused-ring (bicyclic) bond motifs is 1. The summed E-state index contributed by atoms with van der Waals surface area (Å²) in [6.45, 7) is 0. The molecule has 0 radical (unpaired) electrons. The summed E-state index contributed by atoms with van der Waals surface area (Å²) in [6.07, 6.45) is 3.34. The Bertz CT molecular complexity index is 1610. The van der Waals surface area contributed by atoms with Crippen molar-refractivity contribution in [2.24, 2.45) is 7.05 Å². The van der Waals surface area contributed by atoms with E-state index in [1.807, 2.05) is 86.4 Å². The Balaban J connectivity index is 1.87. The Morgan fingerprint density at radius 3 is 2.18 bits per heavy atom. The van der Waals surface area contributed by atoms with Crippen molar-refractivity contribution in [2.45, 2.75) is 5.60 Å². The Morgan fingerprint density at radius 1 is 0.897 bits per heavy atom. The molecule has 2 aromatic heterocycles. The fourth-order valence-electron chi connectivity index (χ4n) is 4.92. The van der Waals surface area contributed by atoms with E-state index in [0.717, 1.165) is 22.2 Å². The fourth-order valence-corrected chi connectivity index (χ4v) is 5.05.